The molecule has 126 valence electrons. The second-order valence-electron chi connectivity index (χ2n) is 5.56. The van der Waals surface area contributed by atoms with Gasteiger partial charge in [-0.1, -0.05) is 12.1 Å². The van der Waals surface area contributed by atoms with Crippen molar-refractivity contribution in [3.8, 4) is 0 Å². The average molecular weight is 358 g/mol. The molecule has 0 aliphatic rings. The summed E-state index contributed by atoms with van der Waals surface area (Å²) in [7, 11) is 0. The fraction of sp³-hybridized carbons (Fsp3) is 0.118. The van der Waals surface area contributed by atoms with Crippen molar-refractivity contribution in [2.45, 2.75) is 12.1 Å². The third-order valence-electron chi connectivity index (χ3n) is 3.88. The van der Waals surface area contributed by atoms with E-state index in [0.717, 1.165) is 16.8 Å². The largest absolute Gasteiger partial charge is 0.376 e. The van der Waals surface area contributed by atoms with Crippen molar-refractivity contribution in [1.82, 2.24) is 19.7 Å². The standard InChI is InChI=1S/C17H12F2N4OS/c18-11-5-6-12(13(19)7-11)17(24,8-23-10-20-9-21-23)16-22-14-3-1-2-4-15(14)25-16/h1-7,9-10,24H,8H2. The van der Waals surface area contributed by atoms with Crippen LogP contribution in [-0.4, -0.2) is 24.9 Å². The van der Waals surface area contributed by atoms with Gasteiger partial charge in [-0.05, 0) is 24.3 Å². The number of aromatic nitrogens is 4. The Kier molecular flexibility index (Phi) is 3.78. The molecule has 0 fully saturated rings. The molecular formula is C17H12F2N4OS. The van der Waals surface area contributed by atoms with Crippen LogP contribution in [-0.2, 0) is 12.1 Å². The first-order valence-corrected chi connectivity index (χ1v) is 8.24. The second kappa shape index (κ2) is 5.98. The zero-order valence-electron chi connectivity index (χ0n) is 12.8. The molecule has 0 aliphatic heterocycles. The number of nitrogens with zero attached hydrogens (tertiary/aromatic N) is 4. The summed E-state index contributed by atoms with van der Waals surface area (Å²) in [6.45, 7) is -0.102. The molecule has 2 heterocycles. The monoisotopic (exact) mass is 358 g/mol. The summed E-state index contributed by atoms with van der Waals surface area (Å²) in [4.78, 5) is 8.29. The van der Waals surface area contributed by atoms with Crippen LogP contribution in [0.2, 0.25) is 0 Å². The molecule has 4 aromatic rings. The molecule has 8 heteroatoms. The molecule has 0 saturated carbocycles. The Morgan fingerprint density at radius 3 is 2.72 bits per heavy atom. The van der Waals surface area contributed by atoms with Crippen LogP contribution in [0.3, 0.4) is 0 Å². The first-order valence-electron chi connectivity index (χ1n) is 7.42. The lowest BCUT2D eigenvalue weighted by Crippen LogP contribution is -2.34. The summed E-state index contributed by atoms with van der Waals surface area (Å²) >= 11 is 1.25. The van der Waals surface area contributed by atoms with Gasteiger partial charge in [0.2, 0.25) is 0 Å². The molecule has 0 aliphatic carbocycles. The lowest BCUT2D eigenvalue weighted by molar-refractivity contribution is 0.0534. The minimum absolute atomic E-state index is 0.0662. The minimum atomic E-state index is -1.81. The van der Waals surface area contributed by atoms with Crippen LogP contribution in [0.1, 0.15) is 10.6 Å². The quantitative estimate of drug-likeness (QED) is 0.609. The molecule has 5 nitrogen and oxygen atoms in total. The third kappa shape index (κ3) is 2.79. The van der Waals surface area contributed by atoms with Crippen molar-refractivity contribution in [3.63, 3.8) is 0 Å². The Morgan fingerprint density at radius 2 is 2.00 bits per heavy atom. The van der Waals surface area contributed by atoms with Crippen molar-refractivity contribution in [1.29, 1.82) is 0 Å². The van der Waals surface area contributed by atoms with E-state index in [-0.39, 0.29) is 12.1 Å². The molecule has 2 aromatic heterocycles. The SMILES string of the molecule is OC(Cn1cncn1)(c1nc2ccccc2s1)c1ccc(F)cc1F. The van der Waals surface area contributed by atoms with Crippen molar-refractivity contribution >= 4 is 21.6 Å². The van der Waals surface area contributed by atoms with Gasteiger partial charge in [0.15, 0.2) is 5.60 Å². The van der Waals surface area contributed by atoms with E-state index in [9.17, 15) is 13.9 Å². The number of hydrogen-bond acceptors (Lipinski definition) is 5. The predicted octanol–water partition coefficient (Wildman–Crippen LogP) is 3.10. The highest BCUT2D eigenvalue weighted by atomic mass is 32.1. The highest BCUT2D eigenvalue weighted by Gasteiger charge is 2.38. The molecule has 0 spiro atoms. The maximum atomic E-state index is 14.4. The van der Waals surface area contributed by atoms with Crippen LogP contribution in [0.25, 0.3) is 10.2 Å². The maximum absolute atomic E-state index is 14.4. The van der Waals surface area contributed by atoms with Crippen LogP contribution >= 0.6 is 11.3 Å². The summed E-state index contributed by atoms with van der Waals surface area (Å²) in [5.41, 5.74) is -1.18. The number of aliphatic hydroxyl groups is 1. The van der Waals surface area contributed by atoms with Crippen LogP contribution in [0.4, 0.5) is 8.78 Å². The number of hydrogen-bond donors (Lipinski definition) is 1. The fourth-order valence-corrected chi connectivity index (χ4v) is 3.75. The van der Waals surface area contributed by atoms with Gasteiger partial charge in [0.25, 0.3) is 0 Å². The molecular weight excluding hydrogens is 346 g/mol. The summed E-state index contributed by atoms with van der Waals surface area (Å²) in [5.74, 6) is -1.56. The minimum Gasteiger partial charge on any atom is -0.376 e. The third-order valence-corrected chi connectivity index (χ3v) is 5.07. The number of rotatable bonds is 4. The van der Waals surface area contributed by atoms with Crippen LogP contribution in [0.15, 0.2) is 55.1 Å². The molecule has 1 unspecified atom stereocenters. The molecule has 25 heavy (non-hydrogen) atoms. The number of benzene rings is 2. The zero-order chi connectivity index (χ0) is 17.4. The van der Waals surface area contributed by atoms with E-state index in [1.54, 1.807) is 0 Å². The van der Waals surface area contributed by atoms with E-state index in [4.69, 9.17) is 0 Å². The van der Waals surface area contributed by atoms with Gasteiger partial charge < -0.3 is 5.11 Å². The van der Waals surface area contributed by atoms with Gasteiger partial charge in [-0.2, -0.15) is 5.10 Å². The summed E-state index contributed by atoms with van der Waals surface area (Å²) < 4.78 is 30.0. The normalized spacial score (nSPS) is 13.9. The lowest BCUT2D eigenvalue weighted by atomic mass is 9.93. The fourth-order valence-electron chi connectivity index (χ4n) is 2.69. The molecule has 1 N–H and O–H groups in total. The van der Waals surface area contributed by atoms with Gasteiger partial charge in [0, 0.05) is 11.6 Å². The first kappa shape index (κ1) is 15.8. The Bertz CT molecular complexity index is 1000. The summed E-state index contributed by atoms with van der Waals surface area (Å²) in [6.07, 6.45) is 2.74. The van der Waals surface area contributed by atoms with Crippen molar-refractivity contribution in [2.24, 2.45) is 0 Å². The smallest absolute Gasteiger partial charge is 0.163 e. The Labute approximate surface area is 145 Å². The van der Waals surface area contributed by atoms with Crippen LogP contribution in [0.5, 0.6) is 0 Å². The lowest BCUT2D eigenvalue weighted by Gasteiger charge is -2.26. The van der Waals surface area contributed by atoms with E-state index in [2.05, 4.69) is 15.1 Å². The van der Waals surface area contributed by atoms with Crippen molar-refractivity contribution < 1.29 is 13.9 Å². The van der Waals surface area contributed by atoms with Gasteiger partial charge >= 0.3 is 0 Å². The molecule has 0 saturated heterocycles. The molecule has 2 aromatic carbocycles. The number of halogens is 2. The van der Waals surface area contributed by atoms with Gasteiger partial charge in [0.1, 0.15) is 29.3 Å². The van der Waals surface area contributed by atoms with E-state index in [1.165, 1.54) is 34.7 Å². The molecule has 4 rings (SSSR count). The second-order valence-corrected chi connectivity index (χ2v) is 6.59. The zero-order valence-corrected chi connectivity index (χ0v) is 13.6. The van der Waals surface area contributed by atoms with Crippen molar-refractivity contribution in [2.75, 3.05) is 0 Å². The maximum Gasteiger partial charge on any atom is 0.163 e. The van der Waals surface area contributed by atoms with E-state index in [0.29, 0.717) is 10.5 Å². The van der Waals surface area contributed by atoms with Gasteiger partial charge in [-0.3, -0.25) is 0 Å². The Balaban J connectivity index is 1.91. The van der Waals surface area contributed by atoms with E-state index in [1.807, 2.05) is 24.3 Å². The molecule has 0 radical (unpaired) electrons. The number of para-hydroxylation sites is 1. The Hall–Kier alpha value is -2.71. The van der Waals surface area contributed by atoms with Gasteiger partial charge in [-0.25, -0.2) is 23.4 Å². The van der Waals surface area contributed by atoms with Crippen molar-refractivity contribution in [3.05, 3.63) is 77.3 Å². The van der Waals surface area contributed by atoms with Gasteiger partial charge in [-0.15, -0.1) is 11.3 Å². The number of thiazole rings is 1. The van der Waals surface area contributed by atoms with E-state index >= 15 is 0 Å². The van der Waals surface area contributed by atoms with Crippen LogP contribution < -0.4 is 0 Å². The predicted molar refractivity (Wildman–Crippen MR) is 89.0 cm³/mol. The average Bonchev–Trinajstić information content (AvgIpc) is 3.23. The summed E-state index contributed by atoms with van der Waals surface area (Å²) in [5, 5.41) is 15.7. The first-order chi connectivity index (χ1) is 12.1. The highest BCUT2D eigenvalue weighted by Crippen LogP contribution is 2.37. The molecule has 0 bridgehead atoms. The summed E-state index contributed by atoms with van der Waals surface area (Å²) in [6, 6.07) is 10.5. The number of fused-ring (bicyclic) bond motifs is 1. The van der Waals surface area contributed by atoms with Gasteiger partial charge in [0.05, 0.1) is 16.8 Å². The van der Waals surface area contributed by atoms with Crippen LogP contribution in [0, 0.1) is 11.6 Å². The highest BCUT2D eigenvalue weighted by molar-refractivity contribution is 7.18. The topological polar surface area (TPSA) is 63.8 Å². The van der Waals surface area contributed by atoms with E-state index < -0.39 is 17.2 Å². The Morgan fingerprint density at radius 1 is 1.16 bits per heavy atom. The molecule has 0 amide bonds. The molecule has 1 atom stereocenters.